The van der Waals surface area contributed by atoms with Crippen LogP contribution in [0.15, 0.2) is 48.8 Å². The van der Waals surface area contributed by atoms with E-state index < -0.39 is 0 Å². The van der Waals surface area contributed by atoms with Crippen molar-refractivity contribution in [2.75, 3.05) is 31.1 Å². The van der Waals surface area contributed by atoms with Gasteiger partial charge in [0.2, 0.25) is 0 Å². The minimum Gasteiger partial charge on any atom is -0.354 e. The van der Waals surface area contributed by atoms with Crippen LogP contribution in [-0.2, 0) is 12.8 Å². The van der Waals surface area contributed by atoms with Gasteiger partial charge in [-0.05, 0) is 56.4 Å². The maximum atomic E-state index is 12.9. The van der Waals surface area contributed by atoms with Crippen LogP contribution in [0.1, 0.15) is 40.9 Å². The van der Waals surface area contributed by atoms with Gasteiger partial charge in [-0.1, -0.05) is 23.7 Å². The summed E-state index contributed by atoms with van der Waals surface area (Å²) in [6.07, 6.45) is 8.56. The Kier molecular flexibility index (Phi) is 6.04. The van der Waals surface area contributed by atoms with Crippen molar-refractivity contribution in [1.82, 2.24) is 19.9 Å². The number of aromatic nitrogens is 3. The van der Waals surface area contributed by atoms with Crippen molar-refractivity contribution in [3.8, 4) is 11.4 Å². The van der Waals surface area contributed by atoms with Crippen LogP contribution in [0.2, 0.25) is 5.02 Å². The van der Waals surface area contributed by atoms with Crippen LogP contribution < -0.4 is 4.90 Å². The standard InChI is InChI=1S/C25H26ClN5O/c26-20-6-3-5-19(17-20)23-28-22-8-2-1-7-21(22)24(29-23)30-13-4-14-31(16-15-30)25(32)18-9-11-27-12-10-18/h3,5-6,9-12,17H,1-2,4,7-8,13-16H2. The molecule has 164 valence electrons. The second-order valence-corrected chi connectivity index (χ2v) is 8.82. The maximum Gasteiger partial charge on any atom is 0.254 e. The summed E-state index contributed by atoms with van der Waals surface area (Å²) in [6, 6.07) is 11.3. The first-order chi connectivity index (χ1) is 15.7. The molecule has 2 aromatic heterocycles. The van der Waals surface area contributed by atoms with Crippen LogP contribution in [0.5, 0.6) is 0 Å². The van der Waals surface area contributed by atoms with Crippen LogP contribution in [0.4, 0.5) is 5.82 Å². The number of carbonyl (C=O) groups is 1. The van der Waals surface area contributed by atoms with Crippen molar-refractivity contribution < 1.29 is 4.79 Å². The number of carbonyl (C=O) groups excluding carboxylic acids is 1. The summed E-state index contributed by atoms with van der Waals surface area (Å²) in [4.78, 5) is 31.2. The molecule has 1 aromatic carbocycles. The summed E-state index contributed by atoms with van der Waals surface area (Å²) in [7, 11) is 0. The Morgan fingerprint density at radius 2 is 1.75 bits per heavy atom. The van der Waals surface area contributed by atoms with Crippen LogP contribution in [0.25, 0.3) is 11.4 Å². The van der Waals surface area contributed by atoms with E-state index in [1.54, 1.807) is 24.5 Å². The number of rotatable bonds is 3. The molecule has 0 unspecified atom stereocenters. The smallest absolute Gasteiger partial charge is 0.254 e. The molecule has 2 aliphatic rings. The molecule has 3 heterocycles. The van der Waals surface area contributed by atoms with Gasteiger partial charge in [-0.3, -0.25) is 9.78 Å². The number of benzene rings is 1. The molecule has 1 amide bonds. The monoisotopic (exact) mass is 447 g/mol. The van der Waals surface area contributed by atoms with E-state index in [0.29, 0.717) is 17.1 Å². The molecule has 0 N–H and O–H groups in total. The number of aryl methyl sites for hydroxylation is 1. The lowest BCUT2D eigenvalue weighted by Crippen LogP contribution is -2.36. The average Bonchev–Trinajstić information content (AvgIpc) is 3.10. The maximum absolute atomic E-state index is 12.9. The molecule has 1 aliphatic heterocycles. The first kappa shape index (κ1) is 20.9. The zero-order valence-electron chi connectivity index (χ0n) is 18.0. The lowest BCUT2D eigenvalue weighted by molar-refractivity contribution is 0.0767. The quantitative estimate of drug-likeness (QED) is 0.594. The summed E-state index contributed by atoms with van der Waals surface area (Å²) in [5, 5.41) is 0.686. The topological polar surface area (TPSA) is 62.2 Å². The molecule has 0 saturated carbocycles. The van der Waals surface area contributed by atoms with Crippen molar-refractivity contribution in [1.29, 1.82) is 0 Å². The third-order valence-corrected chi connectivity index (χ3v) is 6.49. The van der Waals surface area contributed by atoms with Crippen molar-refractivity contribution in [2.45, 2.75) is 32.1 Å². The van der Waals surface area contributed by atoms with Gasteiger partial charge in [-0.15, -0.1) is 0 Å². The molecule has 5 rings (SSSR count). The highest BCUT2D eigenvalue weighted by Gasteiger charge is 2.26. The van der Waals surface area contributed by atoms with E-state index in [4.69, 9.17) is 21.6 Å². The van der Waals surface area contributed by atoms with Crippen LogP contribution in [-0.4, -0.2) is 51.9 Å². The van der Waals surface area contributed by atoms with Gasteiger partial charge in [-0.25, -0.2) is 9.97 Å². The van der Waals surface area contributed by atoms with Crippen molar-refractivity contribution in [2.24, 2.45) is 0 Å². The molecule has 0 spiro atoms. The average molecular weight is 448 g/mol. The summed E-state index contributed by atoms with van der Waals surface area (Å²) in [5.74, 6) is 1.83. The summed E-state index contributed by atoms with van der Waals surface area (Å²) < 4.78 is 0. The van der Waals surface area contributed by atoms with Gasteiger partial charge in [0.1, 0.15) is 5.82 Å². The molecule has 0 atom stereocenters. The lowest BCUT2D eigenvalue weighted by atomic mass is 9.95. The summed E-state index contributed by atoms with van der Waals surface area (Å²) in [5.41, 5.74) is 4.06. The second-order valence-electron chi connectivity index (χ2n) is 8.38. The van der Waals surface area contributed by atoms with Gasteiger partial charge in [0.05, 0.1) is 0 Å². The Morgan fingerprint density at radius 1 is 0.906 bits per heavy atom. The molecular formula is C25H26ClN5O. The van der Waals surface area contributed by atoms with E-state index in [1.165, 1.54) is 12.0 Å². The molecule has 0 bridgehead atoms. The highest BCUT2D eigenvalue weighted by atomic mass is 35.5. The van der Waals surface area contributed by atoms with Crippen molar-refractivity contribution in [3.63, 3.8) is 0 Å². The minimum absolute atomic E-state index is 0.0681. The molecule has 1 aliphatic carbocycles. The molecular weight excluding hydrogens is 422 g/mol. The number of anilines is 1. The van der Waals surface area contributed by atoms with Gasteiger partial charge < -0.3 is 9.80 Å². The van der Waals surface area contributed by atoms with E-state index in [2.05, 4.69) is 9.88 Å². The molecule has 32 heavy (non-hydrogen) atoms. The molecule has 6 nitrogen and oxygen atoms in total. The summed E-state index contributed by atoms with van der Waals surface area (Å²) in [6.45, 7) is 3.05. The van der Waals surface area contributed by atoms with Gasteiger partial charge in [-0.2, -0.15) is 0 Å². The number of pyridine rings is 1. The van der Waals surface area contributed by atoms with E-state index in [1.807, 2.05) is 29.2 Å². The molecule has 0 radical (unpaired) electrons. The number of amides is 1. The van der Waals surface area contributed by atoms with Crippen LogP contribution in [0.3, 0.4) is 0 Å². The number of nitrogens with zero attached hydrogens (tertiary/aromatic N) is 5. The van der Waals surface area contributed by atoms with E-state index in [0.717, 1.165) is 68.2 Å². The Hall–Kier alpha value is -2.99. The van der Waals surface area contributed by atoms with Crippen molar-refractivity contribution in [3.05, 3.63) is 70.6 Å². The second kappa shape index (κ2) is 9.25. The molecule has 1 fully saturated rings. The first-order valence-corrected chi connectivity index (χ1v) is 11.7. The van der Waals surface area contributed by atoms with Crippen LogP contribution >= 0.6 is 11.6 Å². The highest BCUT2D eigenvalue weighted by Crippen LogP contribution is 2.32. The Bertz CT molecular complexity index is 1120. The normalized spacial score (nSPS) is 16.4. The Balaban J connectivity index is 1.43. The van der Waals surface area contributed by atoms with E-state index in [-0.39, 0.29) is 5.91 Å². The number of halogens is 1. The fourth-order valence-electron chi connectivity index (χ4n) is 4.60. The third-order valence-electron chi connectivity index (χ3n) is 6.25. The molecule has 1 saturated heterocycles. The highest BCUT2D eigenvalue weighted by molar-refractivity contribution is 6.30. The lowest BCUT2D eigenvalue weighted by Gasteiger charge is -2.28. The van der Waals surface area contributed by atoms with Gasteiger partial charge in [0.15, 0.2) is 5.82 Å². The number of fused-ring (bicyclic) bond motifs is 1. The fraction of sp³-hybridized carbons (Fsp3) is 0.360. The largest absolute Gasteiger partial charge is 0.354 e. The zero-order chi connectivity index (χ0) is 21.9. The summed E-state index contributed by atoms with van der Waals surface area (Å²) >= 11 is 6.24. The zero-order valence-corrected chi connectivity index (χ0v) is 18.8. The number of hydrogen-bond donors (Lipinski definition) is 0. The Labute approximate surface area is 193 Å². The molecule has 3 aromatic rings. The molecule has 7 heteroatoms. The predicted molar refractivity (Wildman–Crippen MR) is 126 cm³/mol. The van der Waals surface area contributed by atoms with Gasteiger partial charge >= 0.3 is 0 Å². The van der Waals surface area contributed by atoms with Gasteiger partial charge in [0.25, 0.3) is 5.91 Å². The van der Waals surface area contributed by atoms with Gasteiger partial charge in [0, 0.05) is 66.0 Å². The van der Waals surface area contributed by atoms with Crippen molar-refractivity contribution >= 4 is 23.3 Å². The SMILES string of the molecule is O=C(c1ccncc1)N1CCCN(c2nc(-c3cccc(Cl)c3)nc3c2CCCC3)CC1. The number of hydrogen-bond acceptors (Lipinski definition) is 5. The third kappa shape index (κ3) is 4.32. The Morgan fingerprint density at radius 3 is 2.59 bits per heavy atom. The predicted octanol–water partition coefficient (Wildman–Crippen LogP) is 4.42. The fourth-order valence-corrected chi connectivity index (χ4v) is 4.79. The first-order valence-electron chi connectivity index (χ1n) is 11.3. The van der Waals surface area contributed by atoms with E-state index >= 15 is 0 Å². The minimum atomic E-state index is 0.0681. The van der Waals surface area contributed by atoms with E-state index in [9.17, 15) is 4.79 Å². The van der Waals surface area contributed by atoms with Crippen LogP contribution in [0, 0.1) is 0 Å².